The van der Waals surface area contributed by atoms with E-state index in [1.54, 1.807) is 41.9 Å². The average Bonchev–Trinajstić information content (AvgIpc) is 3.06. The molecule has 1 N–H and O–H groups in total. The lowest BCUT2D eigenvalue weighted by Crippen LogP contribution is -2.28. The number of benzene rings is 2. The van der Waals surface area contributed by atoms with E-state index in [-0.39, 0.29) is 6.54 Å². The second-order valence-electron chi connectivity index (χ2n) is 4.98. The SMILES string of the molecule is O=C(COC(=O)c1ccc2ncsc2c1)NCc1ccccc1F. The lowest BCUT2D eigenvalue weighted by molar-refractivity contribution is -0.124. The molecule has 0 saturated carbocycles. The molecule has 0 unspecified atom stereocenters. The summed E-state index contributed by atoms with van der Waals surface area (Å²) >= 11 is 1.42. The molecular formula is C17H13FN2O3S. The molecule has 0 atom stereocenters. The van der Waals surface area contributed by atoms with Crippen molar-refractivity contribution in [3.63, 3.8) is 0 Å². The van der Waals surface area contributed by atoms with Crippen LogP contribution in [0.2, 0.25) is 0 Å². The number of aromatic nitrogens is 1. The largest absolute Gasteiger partial charge is 0.452 e. The molecule has 0 spiro atoms. The maximum Gasteiger partial charge on any atom is 0.338 e. The van der Waals surface area contributed by atoms with Crippen LogP contribution in [-0.4, -0.2) is 23.5 Å². The summed E-state index contributed by atoms with van der Waals surface area (Å²) in [5.74, 6) is -1.48. The smallest absolute Gasteiger partial charge is 0.338 e. The summed E-state index contributed by atoms with van der Waals surface area (Å²) in [7, 11) is 0. The molecule has 0 aliphatic carbocycles. The molecule has 5 nitrogen and oxygen atoms in total. The number of thiazole rings is 1. The average molecular weight is 344 g/mol. The van der Waals surface area contributed by atoms with Crippen LogP contribution in [0.4, 0.5) is 4.39 Å². The molecule has 0 radical (unpaired) electrons. The van der Waals surface area contributed by atoms with Gasteiger partial charge < -0.3 is 10.1 Å². The Morgan fingerprint density at radius 3 is 2.88 bits per heavy atom. The molecule has 1 heterocycles. The second kappa shape index (κ2) is 7.18. The first-order chi connectivity index (χ1) is 11.6. The van der Waals surface area contributed by atoms with Gasteiger partial charge in [-0.3, -0.25) is 4.79 Å². The van der Waals surface area contributed by atoms with E-state index in [9.17, 15) is 14.0 Å². The number of amides is 1. The van der Waals surface area contributed by atoms with E-state index in [0.29, 0.717) is 11.1 Å². The van der Waals surface area contributed by atoms with Crippen molar-refractivity contribution >= 4 is 33.4 Å². The number of hydrogen-bond acceptors (Lipinski definition) is 5. The Labute approximate surface area is 141 Å². The first kappa shape index (κ1) is 16.1. The van der Waals surface area contributed by atoms with Crippen molar-refractivity contribution in [2.45, 2.75) is 6.54 Å². The summed E-state index contributed by atoms with van der Waals surface area (Å²) in [5, 5.41) is 2.51. The van der Waals surface area contributed by atoms with Gasteiger partial charge in [-0.05, 0) is 24.3 Å². The Morgan fingerprint density at radius 1 is 1.21 bits per heavy atom. The van der Waals surface area contributed by atoms with Crippen LogP contribution < -0.4 is 5.32 Å². The van der Waals surface area contributed by atoms with Crippen LogP contribution >= 0.6 is 11.3 Å². The molecule has 0 bridgehead atoms. The van der Waals surface area contributed by atoms with Gasteiger partial charge in [0.1, 0.15) is 5.82 Å². The Balaban J connectivity index is 1.52. The highest BCUT2D eigenvalue weighted by Crippen LogP contribution is 2.19. The predicted octanol–water partition coefficient (Wildman–Crippen LogP) is 2.91. The second-order valence-corrected chi connectivity index (χ2v) is 5.87. The third-order valence-corrected chi connectivity index (χ3v) is 4.13. The minimum absolute atomic E-state index is 0.0376. The van der Waals surface area contributed by atoms with E-state index in [2.05, 4.69) is 10.3 Å². The van der Waals surface area contributed by atoms with Gasteiger partial charge in [-0.25, -0.2) is 14.2 Å². The quantitative estimate of drug-likeness (QED) is 0.723. The van der Waals surface area contributed by atoms with Crippen LogP contribution in [0.5, 0.6) is 0 Å². The Kier molecular flexibility index (Phi) is 4.81. The van der Waals surface area contributed by atoms with Gasteiger partial charge in [-0.1, -0.05) is 18.2 Å². The predicted molar refractivity (Wildman–Crippen MR) is 88.1 cm³/mol. The molecule has 0 aliphatic rings. The molecule has 122 valence electrons. The molecular weight excluding hydrogens is 331 g/mol. The van der Waals surface area contributed by atoms with Crippen LogP contribution in [0.15, 0.2) is 48.0 Å². The van der Waals surface area contributed by atoms with Crippen LogP contribution in [0.25, 0.3) is 10.2 Å². The number of fused-ring (bicyclic) bond motifs is 1. The highest BCUT2D eigenvalue weighted by Gasteiger charge is 2.12. The van der Waals surface area contributed by atoms with Crippen LogP contribution in [0, 0.1) is 5.82 Å². The molecule has 24 heavy (non-hydrogen) atoms. The normalized spacial score (nSPS) is 10.5. The highest BCUT2D eigenvalue weighted by atomic mass is 32.1. The standard InChI is InChI=1S/C17H13FN2O3S/c18-13-4-2-1-3-12(13)8-19-16(21)9-23-17(22)11-5-6-14-15(7-11)24-10-20-14/h1-7,10H,8-9H2,(H,19,21). The minimum Gasteiger partial charge on any atom is -0.452 e. The Morgan fingerprint density at radius 2 is 2.04 bits per heavy atom. The molecule has 0 fully saturated rings. The zero-order chi connectivity index (χ0) is 16.9. The molecule has 0 saturated heterocycles. The number of hydrogen-bond donors (Lipinski definition) is 1. The summed E-state index contributed by atoms with van der Waals surface area (Å²) in [4.78, 5) is 27.8. The zero-order valence-corrected chi connectivity index (χ0v) is 13.3. The van der Waals surface area contributed by atoms with Crippen molar-refractivity contribution in [2.24, 2.45) is 0 Å². The van der Waals surface area contributed by atoms with E-state index in [1.807, 2.05) is 0 Å². The van der Waals surface area contributed by atoms with Gasteiger partial charge in [0.05, 0.1) is 21.3 Å². The number of esters is 1. The molecule has 0 aliphatic heterocycles. The first-order valence-electron chi connectivity index (χ1n) is 7.14. The van der Waals surface area contributed by atoms with Crippen LogP contribution in [0.3, 0.4) is 0 Å². The van der Waals surface area contributed by atoms with E-state index in [4.69, 9.17) is 4.74 Å². The van der Waals surface area contributed by atoms with Gasteiger partial charge in [-0.15, -0.1) is 11.3 Å². The van der Waals surface area contributed by atoms with Crippen molar-refractivity contribution in [2.75, 3.05) is 6.61 Å². The van der Waals surface area contributed by atoms with Gasteiger partial charge in [0.25, 0.3) is 5.91 Å². The van der Waals surface area contributed by atoms with E-state index < -0.39 is 24.3 Å². The van der Waals surface area contributed by atoms with Crippen molar-refractivity contribution < 1.29 is 18.7 Å². The molecule has 3 aromatic rings. The van der Waals surface area contributed by atoms with E-state index in [1.165, 1.54) is 17.4 Å². The third kappa shape index (κ3) is 3.75. The fourth-order valence-corrected chi connectivity index (χ4v) is 2.80. The first-order valence-corrected chi connectivity index (χ1v) is 8.02. The number of carbonyl (C=O) groups excluding carboxylic acids is 2. The van der Waals surface area contributed by atoms with Gasteiger partial charge in [-0.2, -0.15) is 0 Å². The Hall–Kier alpha value is -2.80. The summed E-state index contributed by atoms with van der Waals surface area (Å²) in [5.41, 5.74) is 3.22. The maximum atomic E-state index is 13.4. The van der Waals surface area contributed by atoms with Gasteiger partial charge in [0.15, 0.2) is 6.61 Å². The number of halogens is 1. The van der Waals surface area contributed by atoms with Crippen molar-refractivity contribution in [3.8, 4) is 0 Å². The number of nitrogens with one attached hydrogen (secondary N) is 1. The minimum atomic E-state index is -0.591. The lowest BCUT2D eigenvalue weighted by atomic mass is 10.2. The summed E-state index contributed by atoms with van der Waals surface area (Å²) in [6.07, 6.45) is 0. The zero-order valence-electron chi connectivity index (χ0n) is 12.5. The van der Waals surface area contributed by atoms with E-state index >= 15 is 0 Å². The fourth-order valence-electron chi connectivity index (χ4n) is 2.08. The molecule has 1 aromatic heterocycles. The van der Waals surface area contributed by atoms with E-state index in [0.717, 1.165) is 10.2 Å². The molecule has 2 aromatic carbocycles. The summed E-state index contributed by atoms with van der Waals surface area (Å²) < 4.78 is 19.3. The monoisotopic (exact) mass is 344 g/mol. The van der Waals surface area contributed by atoms with Crippen molar-refractivity contribution in [1.82, 2.24) is 10.3 Å². The van der Waals surface area contributed by atoms with Crippen molar-refractivity contribution in [3.05, 3.63) is 64.9 Å². The number of ether oxygens (including phenoxy) is 1. The van der Waals surface area contributed by atoms with Crippen LogP contribution in [-0.2, 0) is 16.1 Å². The topological polar surface area (TPSA) is 68.3 Å². The highest BCUT2D eigenvalue weighted by molar-refractivity contribution is 7.16. The summed E-state index contributed by atoms with van der Waals surface area (Å²) in [6.45, 7) is -0.385. The van der Waals surface area contributed by atoms with Crippen LogP contribution in [0.1, 0.15) is 15.9 Å². The molecule has 7 heteroatoms. The van der Waals surface area contributed by atoms with Crippen molar-refractivity contribution in [1.29, 1.82) is 0 Å². The third-order valence-electron chi connectivity index (χ3n) is 3.34. The maximum absolute atomic E-state index is 13.4. The fraction of sp³-hybridized carbons (Fsp3) is 0.118. The van der Waals surface area contributed by atoms with Gasteiger partial charge >= 0.3 is 5.97 Å². The Bertz CT molecular complexity index is 894. The summed E-state index contributed by atoms with van der Waals surface area (Å²) in [6, 6.07) is 11.1. The molecule has 1 amide bonds. The lowest BCUT2D eigenvalue weighted by Gasteiger charge is -2.07. The van der Waals surface area contributed by atoms with Gasteiger partial charge in [0.2, 0.25) is 0 Å². The number of nitrogens with zero attached hydrogens (tertiary/aromatic N) is 1. The number of rotatable bonds is 5. The number of carbonyl (C=O) groups is 2. The molecule has 3 rings (SSSR count). The van der Waals surface area contributed by atoms with Gasteiger partial charge in [0, 0.05) is 12.1 Å².